The van der Waals surface area contributed by atoms with Crippen molar-refractivity contribution in [3.8, 4) is 5.75 Å². The Bertz CT molecular complexity index is 1100. The number of carbonyl (C=O) groups excluding carboxylic acids is 1. The first-order valence-corrected chi connectivity index (χ1v) is 10.2. The van der Waals surface area contributed by atoms with Crippen LogP contribution in [0.5, 0.6) is 5.75 Å². The van der Waals surface area contributed by atoms with Crippen molar-refractivity contribution < 1.29 is 9.53 Å². The highest BCUT2D eigenvalue weighted by Crippen LogP contribution is 2.42. The van der Waals surface area contributed by atoms with Gasteiger partial charge in [-0.1, -0.05) is 58.4 Å². The number of nitrogens with zero attached hydrogens (tertiary/aromatic N) is 2. The van der Waals surface area contributed by atoms with Crippen LogP contribution in [0.2, 0.25) is 0 Å². The van der Waals surface area contributed by atoms with Crippen molar-refractivity contribution in [2.24, 2.45) is 10.8 Å². The van der Waals surface area contributed by atoms with E-state index in [1.165, 1.54) is 0 Å². The number of nitrogens with two attached hydrogens (primary N) is 1. The molecule has 0 radical (unpaired) electrons. The second-order valence-electron chi connectivity index (χ2n) is 6.85. The predicted octanol–water partition coefficient (Wildman–Crippen LogP) is 3.93. The summed E-state index contributed by atoms with van der Waals surface area (Å²) >= 11 is 3.57. The number of fused-ring (bicyclic) bond motifs is 1. The number of halogens is 1. The number of hydrogen-bond acceptors (Lipinski definition) is 5. The van der Waals surface area contributed by atoms with Crippen molar-refractivity contribution in [3.63, 3.8) is 0 Å². The van der Waals surface area contributed by atoms with Crippen LogP contribution in [0.3, 0.4) is 0 Å². The number of ether oxygens (including phenoxy) is 1. The van der Waals surface area contributed by atoms with Gasteiger partial charge in [0.25, 0.3) is 5.91 Å². The number of hydrogen-bond donors (Lipinski definition) is 2. The van der Waals surface area contributed by atoms with Gasteiger partial charge in [-0.25, -0.2) is 10.8 Å². The SMILES string of the molecule is COc1ccccc1C1=Nc2ccc(Br)cc2C(c2ccccc2)N1CC(=O)NN. The van der Waals surface area contributed by atoms with E-state index in [0.717, 1.165) is 26.9 Å². The number of hydrazine groups is 1. The van der Waals surface area contributed by atoms with Crippen LogP contribution in [-0.2, 0) is 4.79 Å². The first-order valence-electron chi connectivity index (χ1n) is 9.45. The van der Waals surface area contributed by atoms with Gasteiger partial charge < -0.3 is 9.64 Å². The Morgan fingerprint density at radius 1 is 1.13 bits per heavy atom. The standard InChI is InChI=1S/C23H21BrN4O2/c1-30-20-10-6-5-9-17(20)23-26-19-12-11-16(24)13-18(19)22(15-7-3-2-4-8-15)28(23)14-21(29)27-25/h2-13,22H,14,25H2,1H3,(H,27,29). The van der Waals surface area contributed by atoms with Crippen LogP contribution < -0.4 is 16.0 Å². The van der Waals surface area contributed by atoms with E-state index < -0.39 is 0 Å². The molecule has 0 aromatic heterocycles. The van der Waals surface area contributed by atoms with Gasteiger partial charge in [-0.3, -0.25) is 10.2 Å². The van der Waals surface area contributed by atoms with E-state index in [1.807, 2.05) is 77.7 Å². The minimum atomic E-state index is -0.308. The fraction of sp³-hybridized carbons (Fsp3) is 0.130. The summed E-state index contributed by atoms with van der Waals surface area (Å²) in [6.07, 6.45) is 0. The molecule has 7 heteroatoms. The zero-order valence-corrected chi connectivity index (χ0v) is 18.0. The average molecular weight is 465 g/mol. The molecule has 0 aliphatic carbocycles. The normalized spacial score (nSPS) is 15.2. The molecule has 6 nitrogen and oxygen atoms in total. The molecule has 0 saturated heterocycles. The van der Waals surface area contributed by atoms with E-state index in [1.54, 1.807) is 7.11 Å². The largest absolute Gasteiger partial charge is 0.496 e. The molecule has 1 aliphatic heterocycles. The van der Waals surface area contributed by atoms with Crippen molar-refractivity contribution in [2.75, 3.05) is 13.7 Å². The van der Waals surface area contributed by atoms with Crippen molar-refractivity contribution in [3.05, 3.63) is 94.0 Å². The van der Waals surface area contributed by atoms with Crippen LogP contribution >= 0.6 is 15.9 Å². The lowest BCUT2D eigenvalue weighted by molar-refractivity contribution is -0.121. The van der Waals surface area contributed by atoms with Crippen LogP contribution in [0.4, 0.5) is 5.69 Å². The van der Waals surface area contributed by atoms with Gasteiger partial charge in [0, 0.05) is 10.0 Å². The quantitative estimate of drug-likeness (QED) is 0.340. The Kier molecular flexibility index (Phi) is 5.83. The lowest BCUT2D eigenvalue weighted by Gasteiger charge is -2.38. The molecule has 1 atom stereocenters. The van der Waals surface area contributed by atoms with Crippen molar-refractivity contribution in [1.82, 2.24) is 10.3 Å². The Hall–Kier alpha value is -3.16. The van der Waals surface area contributed by atoms with Crippen LogP contribution in [0.25, 0.3) is 0 Å². The van der Waals surface area contributed by atoms with Crippen LogP contribution in [0, 0.1) is 0 Å². The summed E-state index contributed by atoms with van der Waals surface area (Å²) in [5.41, 5.74) is 5.94. The number of aliphatic imine (C=N–C) groups is 1. The van der Waals surface area contributed by atoms with E-state index in [-0.39, 0.29) is 18.5 Å². The number of rotatable bonds is 5. The maximum absolute atomic E-state index is 12.4. The third kappa shape index (κ3) is 3.81. The molecule has 4 rings (SSSR count). The van der Waals surface area contributed by atoms with Crippen LogP contribution in [-0.4, -0.2) is 30.3 Å². The fourth-order valence-corrected chi connectivity index (χ4v) is 4.10. The van der Waals surface area contributed by atoms with Gasteiger partial charge in [0.05, 0.1) is 24.4 Å². The number of para-hydroxylation sites is 1. The molecule has 1 heterocycles. The van der Waals surface area contributed by atoms with Gasteiger partial charge in [0.2, 0.25) is 0 Å². The van der Waals surface area contributed by atoms with E-state index in [9.17, 15) is 4.79 Å². The van der Waals surface area contributed by atoms with Crippen LogP contribution in [0.15, 0.2) is 82.3 Å². The van der Waals surface area contributed by atoms with Crippen LogP contribution in [0.1, 0.15) is 22.7 Å². The first-order chi connectivity index (χ1) is 14.6. The maximum Gasteiger partial charge on any atom is 0.253 e. The summed E-state index contributed by atoms with van der Waals surface area (Å²) in [5.74, 6) is 6.46. The lowest BCUT2D eigenvalue weighted by atomic mass is 9.92. The Morgan fingerprint density at radius 3 is 2.60 bits per heavy atom. The minimum Gasteiger partial charge on any atom is -0.496 e. The topological polar surface area (TPSA) is 80.0 Å². The number of carbonyl (C=O) groups is 1. The zero-order valence-electron chi connectivity index (χ0n) is 16.4. The lowest BCUT2D eigenvalue weighted by Crippen LogP contribution is -2.46. The number of amides is 1. The molecule has 152 valence electrons. The Morgan fingerprint density at radius 2 is 1.87 bits per heavy atom. The highest BCUT2D eigenvalue weighted by molar-refractivity contribution is 9.10. The summed E-state index contributed by atoms with van der Waals surface area (Å²) in [6.45, 7) is 0.0406. The molecule has 1 unspecified atom stereocenters. The molecule has 3 aromatic rings. The zero-order chi connectivity index (χ0) is 21.1. The number of methoxy groups -OCH3 is 1. The molecule has 1 aliphatic rings. The predicted molar refractivity (Wildman–Crippen MR) is 121 cm³/mol. The van der Waals surface area contributed by atoms with E-state index >= 15 is 0 Å². The third-order valence-electron chi connectivity index (χ3n) is 5.03. The van der Waals surface area contributed by atoms with Crippen molar-refractivity contribution >= 4 is 33.4 Å². The monoisotopic (exact) mass is 464 g/mol. The first kappa shape index (κ1) is 20.1. The Labute approximate surface area is 183 Å². The van der Waals surface area contributed by atoms with Gasteiger partial charge in [-0.05, 0) is 35.9 Å². The van der Waals surface area contributed by atoms with Gasteiger partial charge in [0.1, 0.15) is 18.1 Å². The highest BCUT2D eigenvalue weighted by atomic mass is 79.9. The molecule has 0 saturated carbocycles. The van der Waals surface area contributed by atoms with Gasteiger partial charge in [-0.15, -0.1) is 0 Å². The van der Waals surface area contributed by atoms with E-state index in [0.29, 0.717) is 11.6 Å². The minimum absolute atomic E-state index is 0.0406. The fourth-order valence-electron chi connectivity index (χ4n) is 3.72. The number of amidine groups is 1. The summed E-state index contributed by atoms with van der Waals surface area (Å²) in [7, 11) is 1.62. The molecule has 0 bridgehead atoms. The molecule has 0 fully saturated rings. The van der Waals surface area contributed by atoms with Crippen molar-refractivity contribution in [2.45, 2.75) is 6.04 Å². The average Bonchev–Trinajstić information content (AvgIpc) is 2.79. The van der Waals surface area contributed by atoms with Gasteiger partial charge >= 0.3 is 0 Å². The molecular formula is C23H21BrN4O2. The van der Waals surface area contributed by atoms with E-state index in [2.05, 4.69) is 21.4 Å². The van der Waals surface area contributed by atoms with Crippen molar-refractivity contribution in [1.29, 1.82) is 0 Å². The third-order valence-corrected chi connectivity index (χ3v) is 5.53. The second kappa shape index (κ2) is 8.69. The van der Waals surface area contributed by atoms with E-state index in [4.69, 9.17) is 15.6 Å². The Balaban J connectivity index is 1.97. The second-order valence-corrected chi connectivity index (χ2v) is 7.76. The molecule has 30 heavy (non-hydrogen) atoms. The molecule has 3 N–H and O–H groups in total. The summed E-state index contributed by atoms with van der Waals surface area (Å²) in [4.78, 5) is 19.3. The summed E-state index contributed by atoms with van der Waals surface area (Å²) in [5, 5.41) is 0. The summed E-state index contributed by atoms with van der Waals surface area (Å²) in [6, 6.07) is 23.5. The summed E-state index contributed by atoms with van der Waals surface area (Å²) < 4.78 is 6.53. The molecular weight excluding hydrogens is 444 g/mol. The number of benzene rings is 3. The maximum atomic E-state index is 12.4. The number of nitrogens with one attached hydrogen (secondary N) is 1. The van der Waals surface area contributed by atoms with Gasteiger partial charge in [-0.2, -0.15) is 0 Å². The van der Waals surface area contributed by atoms with Gasteiger partial charge in [0.15, 0.2) is 0 Å². The molecule has 0 spiro atoms. The molecule has 1 amide bonds. The smallest absolute Gasteiger partial charge is 0.253 e. The highest BCUT2D eigenvalue weighted by Gasteiger charge is 2.34. The molecule has 3 aromatic carbocycles.